The summed E-state index contributed by atoms with van der Waals surface area (Å²) >= 11 is 0. The summed E-state index contributed by atoms with van der Waals surface area (Å²) in [6, 6.07) is 0.139. The maximum Gasteiger partial charge on any atom is 0.323 e. The van der Waals surface area contributed by atoms with Gasteiger partial charge < -0.3 is 15.3 Å². The summed E-state index contributed by atoms with van der Waals surface area (Å²) in [7, 11) is 1.78. The van der Waals surface area contributed by atoms with E-state index in [2.05, 4.69) is 5.32 Å². The molecular weight excluding hydrogens is 208 g/mol. The van der Waals surface area contributed by atoms with Crippen molar-refractivity contribution in [2.24, 2.45) is 0 Å². The van der Waals surface area contributed by atoms with E-state index in [0.717, 1.165) is 25.7 Å². The van der Waals surface area contributed by atoms with Gasteiger partial charge in [0.05, 0.1) is 0 Å². The first-order chi connectivity index (χ1) is 7.65. The van der Waals surface area contributed by atoms with Crippen LogP contribution in [-0.2, 0) is 9.59 Å². The number of carboxylic acid groups (broad SMARTS) is 1. The Kier molecular flexibility index (Phi) is 5.25. The SMILES string of the molecule is CNCCC(=O)N(CC(=O)O)C1CCCC1. The van der Waals surface area contributed by atoms with E-state index < -0.39 is 5.97 Å². The standard InChI is InChI=1S/C11H20N2O3/c1-12-7-6-10(14)13(8-11(15)16)9-4-2-3-5-9/h9,12H,2-8H2,1H3,(H,15,16). The van der Waals surface area contributed by atoms with E-state index in [-0.39, 0.29) is 18.5 Å². The Labute approximate surface area is 95.8 Å². The minimum atomic E-state index is -0.926. The minimum absolute atomic E-state index is 0.0522. The third-order valence-corrected chi connectivity index (χ3v) is 2.98. The van der Waals surface area contributed by atoms with Gasteiger partial charge in [-0.2, -0.15) is 0 Å². The molecule has 0 aromatic heterocycles. The highest BCUT2D eigenvalue weighted by Crippen LogP contribution is 2.23. The van der Waals surface area contributed by atoms with Gasteiger partial charge in [0.2, 0.25) is 5.91 Å². The Morgan fingerprint density at radius 1 is 1.38 bits per heavy atom. The molecule has 0 aromatic carbocycles. The van der Waals surface area contributed by atoms with Gasteiger partial charge in [-0.25, -0.2) is 0 Å². The lowest BCUT2D eigenvalue weighted by atomic mass is 10.2. The molecule has 92 valence electrons. The minimum Gasteiger partial charge on any atom is -0.480 e. The van der Waals surface area contributed by atoms with Crippen molar-refractivity contribution >= 4 is 11.9 Å². The van der Waals surface area contributed by atoms with Gasteiger partial charge in [0, 0.05) is 19.0 Å². The first-order valence-electron chi connectivity index (χ1n) is 5.81. The number of amides is 1. The molecule has 2 N–H and O–H groups in total. The van der Waals surface area contributed by atoms with Crippen LogP contribution in [0.3, 0.4) is 0 Å². The Morgan fingerprint density at radius 2 is 2.00 bits per heavy atom. The fourth-order valence-corrected chi connectivity index (χ4v) is 2.16. The van der Waals surface area contributed by atoms with Crippen molar-refractivity contribution in [3.05, 3.63) is 0 Å². The zero-order chi connectivity index (χ0) is 12.0. The van der Waals surface area contributed by atoms with Crippen LogP contribution in [0, 0.1) is 0 Å². The summed E-state index contributed by atoms with van der Waals surface area (Å²) in [4.78, 5) is 24.1. The van der Waals surface area contributed by atoms with Crippen LogP contribution in [-0.4, -0.2) is 48.1 Å². The molecule has 1 aliphatic carbocycles. The molecule has 5 heteroatoms. The lowest BCUT2D eigenvalue weighted by Gasteiger charge is -2.27. The monoisotopic (exact) mass is 228 g/mol. The molecule has 1 rings (SSSR count). The van der Waals surface area contributed by atoms with Crippen molar-refractivity contribution in [2.45, 2.75) is 38.1 Å². The number of nitrogens with zero attached hydrogens (tertiary/aromatic N) is 1. The topological polar surface area (TPSA) is 69.6 Å². The van der Waals surface area contributed by atoms with Gasteiger partial charge in [-0.15, -0.1) is 0 Å². The highest BCUT2D eigenvalue weighted by Gasteiger charge is 2.27. The summed E-state index contributed by atoms with van der Waals surface area (Å²) in [6.45, 7) is 0.439. The maximum atomic E-state index is 11.8. The van der Waals surface area contributed by atoms with Gasteiger partial charge in [0.25, 0.3) is 0 Å². The van der Waals surface area contributed by atoms with Gasteiger partial charge in [-0.1, -0.05) is 12.8 Å². The molecule has 0 heterocycles. The van der Waals surface area contributed by atoms with Crippen LogP contribution in [0.2, 0.25) is 0 Å². The molecule has 0 aromatic rings. The zero-order valence-electron chi connectivity index (χ0n) is 9.74. The fraction of sp³-hybridized carbons (Fsp3) is 0.818. The van der Waals surface area contributed by atoms with Crippen LogP contribution in [0.5, 0.6) is 0 Å². The number of hydrogen-bond donors (Lipinski definition) is 2. The average molecular weight is 228 g/mol. The van der Waals surface area contributed by atoms with E-state index >= 15 is 0 Å². The number of carbonyl (C=O) groups is 2. The zero-order valence-corrected chi connectivity index (χ0v) is 9.74. The number of nitrogens with one attached hydrogen (secondary N) is 1. The largest absolute Gasteiger partial charge is 0.480 e. The lowest BCUT2D eigenvalue weighted by Crippen LogP contribution is -2.43. The van der Waals surface area contributed by atoms with Crippen molar-refractivity contribution in [1.82, 2.24) is 10.2 Å². The van der Waals surface area contributed by atoms with Gasteiger partial charge in [0.1, 0.15) is 6.54 Å². The summed E-state index contributed by atoms with van der Waals surface area (Å²) in [6.07, 6.45) is 4.46. The second kappa shape index (κ2) is 6.48. The lowest BCUT2D eigenvalue weighted by molar-refractivity contribution is -0.146. The molecule has 1 fully saturated rings. The van der Waals surface area contributed by atoms with E-state index in [9.17, 15) is 9.59 Å². The molecule has 0 aliphatic heterocycles. The molecule has 16 heavy (non-hydrogen) atoms. The summed E-state index contributed by atoms with van der Waals surface area (Å²) in [5.74, 6) is -0.978. The van der Waals surface area contributed by atoms with Crippen LogP contribution in [0.25, 0.3) is 0 Å². The molecule has 1 saturated carbocycles. The summed E-state index contributed by atoms with van der Waals surface area (Å²) < 4.78 is 0. The van der Waals surface area contributed by atoms with Gasteiger partial charge in [0.15, 0.2) is 0 Å². The molecule has 0 spiro atoms. The Balaban J connectivity index is 2.54. The first-order valence-corrected chi connectivity index (χ1v) is 5.81. The second-order valence-corrected chi connectivity index (χ2v) is 4.21. The van der Waals surface area contributed by atoms with Crippen LogP contribution in [0.1, 0.15) is 32.1 Å². The third-order valence-electron chi connectivity index (χ3n) is 2.98. The van der Waals surface area contributed by atoms with E-state index in [0.29, 0.717) is 13.0 Å². The van der Waals surface area contributed by atoms with Crippen LogP contribution in [0.15, 0.2) is 0 Å². The smallest absolute Gasteiger partial charge is 0.323 e. The van der Waals surface area contributed by atoms with Gasteiger partial charge in [-0.05, 0) is 19.9 Å². The molecule has 1 amide bonds. The second-order valence-electron chi connectivity index (χ2n) is 4.21. The Morgan fingerprint density at radius 3 is 2.50 bits per heavy atom. The summed E-state index contributed by atoms with van der Waals surface area (Å²) in [5, 5.41) is 11.7. The number of aliphatic carboxylic acids is 1. The quantitative estimate of drug-likeness (QED) is 0.692. The van der Waals surface area contributed by atoms with E-state index in [1.165, 1.54) is 4.90 Å². The summed E-state index contributed by atoms with van der Waals surface area (Å²) in [5.41, 5.74) is 0. The molecule has 5 nitrogen and oxygen atoms in total. The molecule has 0 radical (unpaired) electrons. The van der Waals surface area contributed by atoms with Crippen LogP contribution in [0.4, 0.5) is 0 Å². The predicted molar refractivity (Wildman–Crippen MR) is 60.1 cm³/mol. The van der Waals surface area contributed by atoms with Crippen LogP contribution >= 0.6 is 0 Å². The molecule has 0 unspecified atom stereocenters. The number of hydrogen-bond acceptors (Lipinski definition) is 3. The maximum absolute atomic E-state index is 11.8. The molecule has 1 aliphatic rings. The Bertz CT molecular complexity index is 250. The molecule has 0 saturated heterocycles. The van der Waals surface area contributed by atoms with Crippen molar-refractivity contribution in [3.8, 4) is 0 Å². The fourth-order valence-electron chi connectivity index (χ4n) is 2.16. The van der Waals surface area contributed by atoms with Crippen molar-refractivity contribution in [1.29, 1.82) is 0 Å². The van der Waals surface area contributed by atoms with Crippen molar-refractivity contribution < 1.29 is 14.7 Å². The Hall–Kier alpha value is -1.10. The van der Waals surface area contributed by atoms with Crippen LogP contribution < -0.4 is 5.32 Å². The normalized spacial score (nSPS) is 16.3. The van der Waals surface area contributed by atoms with E-state index in [4.69, 9.17) is 5.11 Å². The first kappa shape index (κ1) is 13.0. The number of carbonyl (C=O) groups excluding carboxylic acids is 1. The number of rotatable bonds is 6. The highest BCUT2D eigenvalue weighted by atomic mass is 16.4. The van der Waals surface area contributed by atoms with Crippen molar-refractivity contribution in [2.75, 3.05) is 20.1 Å². The highest BCUT2D eigenvalue weighted by molar-refractivity contribution is 5.81. The van der Waals surface area contributed by atoms with Crippen molar-refractivity contribution in [3.63, 3.8) is 0 Å². The van der Waals surface area contributed by atoms with Gasteiger partial charge >= 0.3 is 5.97 Å². The third kappa shape index (κ3) is 3.81. The molecule has 0 bridgehead atoms. The van der Waals surface area contributed by atoms with E-state index in [1.807, 2.05) is 0 Å². The van der Waals surface area contributed by atoms with Gasteiger partial charge in [-0.3, -0.25) is 9.59 Å². The van der Waals surface area contributed by atoms with E-state index in [1.54, 1.807) is 7.05 Å². The molecular formula is C11H20N2O3. The average Bonchev–Trinajstić information content (AvgIpc) is 2.75. The number of carboxylic acids is 1. The molecule has 0 atom stereocenters. The predicted octanol–water partition coefficient (Wildman–Crippen LogP) is 0.452.